The largest absolute Gasteiger partial charge is 0.312 e. The van der Waals surface area contributed by atoms with E-state index in [1.54, 1.807) is 13.0 Å². The van der Waals surface area contributed by atoms with E-state index in [0.717, 1.165) is 36.5 Å². The zero-order chi connectivity index (χ0) is 15.0. The van der Waals surface area contributed by atoms with Gasteiger partial charge in [-0.25, -0.2) is 14.4 Å². The molecule has 3 nitrogen and oxygen atoms in total. The molecule has 0 atom stereocenters. The molecule has 0 amide bonds. The van der Waals surface area contributed by atoms with E-state index in [1.807, 2.05) is 6.07 Å². The molecule has 0 aliphatic carbocycles. The number of nitrogens with one attached hydrogen (secondary N) is 1. The predicted octanol–water partition coefficient (Wildman–Crippen LogP) is 3.36. The summed E-state index contributed by atoms with van der Waals surface area (Å²) in [7, 11) is 0. The van der Waals surface area contributed by atoms with Crippen LogP contribution in [-0.4, -0.2) is 16.5 Å². The molecule has 0 saturated heterocycles. The van der Waals surface area contributed by atoms with Gasteiger partial charge in [-0.3, -0.25) is 0 Å². The summed E-state index contributed by atoms with van der Waals surface area (Å²) in [4.78, 5) is 9.48. The molecule has 3 rings (SSSR count). The van der Waals surface area contributed by atoms with Crippen LogP contribution < -0.4 is 5.32 Å². The zero-order valence-electron chi connectivity index (χ0n) is 12.7. The molecule has 2 aromatic rings. The van der Waals surface area contributed by atoms with Gasteiger partial charge in [0, 0.05) is 30.6 Å². The maximum atomic E-state index is 13.4. The van der Waals surface area contributed by atoms with E-state index in [-0.39, 0.29) is 5.82 Å². The SMILES string of the molecule is Cc1cc(-c2nc3c(c(C(C)C)n2)CNCC3)ccc1F. The highest BCUT2D eigenvalue weighted by Crippen LogP contribution is 2.26. The Labute approximate surface area is 124 Å². The lowest BCUT2D eigenvalue weighted by Gasteiger charge is -2.21. The van der Waals surface area contributed by atoms with Crippen molar-refractivity contribution >= 4 is 0 Å². The standard InChI is InChI=1S/C17H20FN3/c1-10(2)16-13-9-19-7-6-15(13)20-17(21-16)12-4-5-14(18)11(3)8-12/h4-5,8,10,19H,6-7,9H2,1-3H3. The minimum atomic E-state index is -0.190. The average Bonchev–Trinajstić information content (AvgIpc) is 2.48. The first kappa shape index (κ1) is 14.1. The average molecular weight is 285 g/mol. The molecule has 110 valence electrons. The molecule has 1 aliphatic heterocycles. The van der Waals surface area contributed by atoms with Gasteiger partial charge < -0.3 is 5.32 Å². The Hall–Kier alpha value is -1.81. The van der Waals surface area contributed by atoms with Gasteiger partial charge in [-0.2, -0.15) is 0 Å². The summed E-state index contributed by atoms with van der Waals surface area (Å²) in [5, 5.41) is 3.38. The van der Waals surface area contributed by atoms with Crippen LogP contribution in [0.3, 0.4) is 0 Å². The second-order valence-corrected chi connectivity index (χ2v) is 5.90. The van der Waals surface area contributed by atoms with E-state index in [1.165, 1.54) is 11.6 Å². The Morgan fingerprint density at radius 3 is 2.76 bits per heavy atom. The van der Waals surface area contributed by atoms with Crippen molar-refractivity contribution in [2.45, 2.75) is 39.7 Å². The predicted molar refractivity (Wildman–Crippen MR) is 81.7 cm³/mol. The van der Waals surface area contributed by atoms with E-state index in [4.69, 9.17) is 9.97 Å². The summed E-state index contributed by atoms with van der Waals surface area (Å²) in [6, 6.07) is 5.07. The van der Waals surface area contributed by atoms with Crippen LogP contribution in [0.1, 0.15) is 42.3 Å². The fraction of sp³-hybridized carbons (Fsp3) is 0.412. The molecule has 0 saturated carbocycles. The fourth-order valence-electron chi connectivity index (χ4n) is 2.76. The molecule has 4 heteroatoms. The highest BCUT2D eigenvalue weighted by Gasteiger charge is 2.20. The highest BCUT2D eigenvalue weighted by molar-refractivity contribution is 5.57. The number of rotatable bonds is 2. The van der Waals surface area contributed by atoms with Crippen LogP contribution in [0.4, 0.5) is 4.39 Å². The van der Waals surface area contributed by atoms with E-state index >= 15 is 0 Å². The second-order valence-electron chi connectivity index (χ2n) is 5.90. The third-order valence-corrected chi connectivity index (χ3v) is 3.93. The van der Waals surface area contributed by atoms with Crippen molar-refractivity contribution in [1.82, 2.24) is 15.3 Å². The third-order valence-electron chi connectivity index (χ3n) is 3.93. The first-order valence-corrected chi connectivity index (χ1v) is 7.43. The van der Waals surface area contributed by atoms with Gasteiger partial charge in [-0.05, 0) is 36.6 Å². The van der Waals surface area contributed by atoms with Gasteiger partial charge in [0.25, 0.3) is 0 Å². The van der Waals surface area contributed by atoms with Crippen molar-refractivity contribution < 1.29 is 4.39 Å². The molecule has 0 radical (unpaired) electrons. The van der Waals surface area contributed by atoms with Gasteiger partial charge in [0.05, 0.1) is 11.4 Å². The fourth-order valence-corrected chi connectivity index (χ4v) is 2.76. The van der Waals surface area contributed by atoms with E-state index in [9.17, 15) is 4.39 Å². The minimum absolute atomic E-state index is 0.190. The maximum Gasteiger partial charge on any atom is 0.159 e. The second kappa shape index (κ2) is 5.53. The van der Waals surface area contributed by atoms with Crippen LogP contribution in [0.25, 0.3) is 11.4 Å². The molecule has 0 bridgehead atoms. The van der Waals surface area contributed by atoms with E-state index in [0.29, 0.717) is 17.3 Å². The summed E-state index contributed by atoms with van der Waals surface area (Å²) < 4.78 is 13.4. The number of hydrogen-bond acceptors (Lipinski definition) is 3. The van der Waals surface area contributed by atoms with Crippen LogP contribution >= 0.6 is 0 Å². The number of aryl methyl sites for hydroxylation is 1. The van der Waals surface area contributed by atoms with Gasteiger partial charge in [-0.15, -0.1) is 0 Å². The van der Waals surface area contributed by atoms with Crippen molar-refractivity contribution in [1.29, 1.82) is 0 Å². The number of benzene rings is 1. The normalized spacial score (nSPS) is 14.3. The third kappa shape index (κ3) is 2.68. The van der Waals surface area contributed by atoms with Crippen LogP contribution in [0.5, 0.6) is 0 Å². The van der Waals surface area contributed by atoms with Crippen molar-refractivity contribution in [3.05, 3.63) is 46.5 Å². The Bertz CT molecular complexity index is 680. The molecule has 0 fully saturated rings. The molecule has 1 aliphatic rings. The molecular formula is C17H20FN3. The van der Waals surface area contributed by atoms with Crippen molar-refractivity contribution in [2.75, 3.05) is 6.54 Å². The molecule has 1 aromatic carbocycles. The monoisotopic (exact) mass is 285 g/mol. The Balaban J connectivity index is 2.14. The van der Waals surface area contributed by atoms with Gasteiger partial charge in [0.15, 0.2) is 5.82 Å². The van der Waals surface area contributed by atoms with Crippen LogP contribution in [0.15, 0.2) is 18.2 Å². The summed E-state index contributed by atoms with van der Waals surface area (Å²) in [6.45, 7) is 7.85. The Kier molecular flexibility index (Phi) is 3.72. The first-order valence-electron chi connectivity index (χ1n) is 7.43. The molecule has 0 spiro atoms. The van der Waals surface area contributed by atoms with Crippen LogP contribution in [-0.2, 0) is 13.0 Å². The topological polar surface area (TPSA) is 37.8 Å². The van der Waals surface area contributed by atoms with Gasteiger partial charge >= 0.3 is 0 Å². The lowest BCUT2D eigenvalue weighted by atomic mass is 9.98. The number of aromatic nitrogens is 2. The lowest BCUT2D eigenvalue weighted by Crippen LogP contribution is -2.27. The molecule has 21 heavy (non-hydrogen) atoms. The maximum absolute atomic E-state index is 13.4. The molecule has 2 heterocycles. The molecule has 1 N–H and O–H groups in total. The smallest absolute Gasteiger partial charge is 0.159 e. The minimum Gasteiger partial charge on any atom is -0.312 e. The van der Waals surface area contributed by atoms with Crippen molar-refractivity contribution in [3.63, 3.8) is 0 Å². The van der Waals surface area contributed by atoms with Gasteiger partial charge in [-0.1, -0.05) is 13.8 Å². The number of fused-ring (bicyclic) bond motifs is 1. The summed E-state index contributed by atoms with van der Waals surface area (Å²) >= 11 is 0. The summed E-state index contributed by atoms with van der Waals surface area (Å²) in [5.41, 5.74) is 4.98. The molecule has 1 aromatic heterocycles. The molecule has 0 unspecified atom stereocenters. The summed E-state index contributed by atoms with van der Waals surface area (Å²) in [5.74, 6) is 0.870. The first-order chi connectivity index (χ1) is 10.1. The number of halogens is 1. The quantitative estimate of drug-likeness (QED) is 0.919. The molecular weight excluding hydrogens is 265 g/mol. The zero-order valence-corrected chi connectivity index (χ0v) is 12.7. The number of hydrogen-bond donors (Lipinski definition) is 1. The van der Waals surface area contributed by atoms with E-state index in [2.05, 4.69) is 19.2 Å². The summed E-state index contributed by atoms with van der Waals surface area (Å²) in [6.07, 6.45) is 0.921. The highest BCUT2D eigenvalue weighted by atomic mass is 19.1. The van der Waals surface area contributed by atoms with Gasteiger partial charge in [0.1, 0.15) is 5.82 Å². The van der Waals surface area contributed by atoms with Crippen LogP contribution in [0, 0.1) is 12.7 Å². The van der Waals surface area contributed by atoms with Crippen LogP contribution in [0.2, 0.25) is 0 Å². The lowest BCUT2D eigenvalue weighted by molar-refractivity contribution is 0.609. The van der Waals surface area contributed by atoms with Crippen molar-refractivity contribution in [3.8, 4) is 11.4 Å². The van der Waals surface area contributed by atoms with Gasteiger partial charge in [0.2, 0.25) is 0 Å². The van der Waals surface area contributed by atoms with Crippen molar-refractivity contribution in [2.24, 2.45) is 0 Å². The number of nitrogens with zero attached hydrogens (tertiary/aromatic N) is 2. The van der Waals surface area contributed by atoms with E-state index < -0.39 is 0 Å². The Morgan fingerprint density at radius 1 is 1.24 bits per heavy atom. The Morgan fingerprint density at radius 2 is 2.05 bits per heavy atom.